The second-order valence-corrected chi connectivity index (χ2v) is 13.6. The molecule has 35 heavy (non-hydrogen) atoms. The minimum Gasteiger partial charge on any atom is -0.390 e. The lowest BCUT2D eigenvalue weighted by Crippen LogP contribution is -2.81. The highest BCUT2D eigenvalue weighted by atomic mass is 16.7. The van der Waals surface area contributed by atoms with Crippen LogP contribution in [0.5, 0.6) is 0 Å². The third-order valence-corrected chi connectivity index (χ3v) is 12.4. The Hall–Kier alpha value is -0.320. The van der Waals surface area contributed by atoms with E-state index in [9.17, 15) is 30.6 Å². The quantitative estimate of drug-likeness (QED) is 0.289. The summed E-state index contributed by atoms with van der Waals surface area (Å²) in [5.74, 6) is 0.648. The van der Waals surface area contributed by atoms with Crippen molar-refractivity contribution >= 4 is 0 Å². The number of rotatable bonds is 0. The van der Waals surface area contributed by atoms with Gasteiger partial charge in [-0.15, -0.1) is 0 Å². The van der Waals surface area contributed by atoms with Crippen molar-refractivity contribution in [1.82, 2.24) is 0 Å². The van der Waals surface area contributed by atoms with Crippen LogP contribution in [-0.2, 0) is 9.47 Å². The van der Waals surface area contributed by atoms with Crippen LogP contribution in [0.15, 0.2) is 0 Å². The Labute approximate surface area is 207 Å². The Morgan fingerprint density at radius 2 is 1.51 bits per heavy atom. The van der Waals surface area contributed by atoms with E-state index in [1.54, 1.807) is 6.92 Å². The average Bonchev–Trinajstić information content (AvgIpc) is 3.27. The maximum atomic E-state index is 11.7. The first kappa shape index (κ1) is 25.0. The number of aliphatic hydroxyl groups excluding tert-OH is 5. The predicted molar refractivity (Wildman–Crippen MR) is 125 cm³/mol. The van der Waals surface area contributed by atoms with E-state index in [1.807, 2.05) is 0 Å². The first-order chi connectivity index (χ1) is 16.3. The molecular formula is C27H44O8. The molecule has 6 rings (SSSR count). The molecule has 16 atom stereocenters. The number of hydrogen-bond acceptors (Lipinski definition) is 8. The predicted octanol–water partition coefficient (Wildman–Crippen LogP) is 0.792. The van der Waals surface area contributed by atoms with Gasteiger partial charge in [0.2, 0.25) is 0 Å². The van der Waals surface area contributed by atoms with Crippen molar-refractivity contribution in [2.75, 3.05) is 6.61 Å². The van der Waals surface area contributed by atoms with Crippen molar-refractivity contribution in [2.45, 2.75) is 114 Å². The van der Waals surface area contributed by atoms with Gasteiger partial charge in [0.1, 0.15) is 23.9 Å². The number of fused-ring (bicyclic) bond motifs is 7. The fourth-order valence-electron chi connectivity index (χ4n) is 10.4. The SMILES string of the molecule is CC1CC[C@@]2(OC1)O[C@H]1C[C@H]3[C@@H]4CC(O)C5(O)C(O)C(O)C(O)C(O)[C@]5(C)[C@H]4CC[C@]3(C)[C@H]1[C@@H]2C. The minimum atomic E-state index is -2.10. The normalized spacial score (nSPS) is 66.0. The fraction of sp³-hybridized carbons (Fsp3) is 1.00. The monoisotopic (exact) mass is 496 g/mol. The molecular weight excluding hydrogens is 452 g/mol. The van der Waals surface area contributed by atoms with Gasteiger partial charge in [-0.3, -0.25) is 0 Å². The van der Waals surface area contributed by atoms with E-state index in [0.29, 0.717) is 18.3 Å². The fourth-order valence-corrected chi connectivity index (χ4v) is 10.4. The third kappa shape index (κ3) is 2.81. The Morgan fingerprint density at radius 1 is 0.829 bits per heavy atom. The molecule has 0 amide bonds. The van der Waals surface area contributed by atoms with Crippen LogP contribution in [0.2, 0.25) is 0 Å². The molecule has 1 spiro atoms. The van der Waals surface area contributed by atoms with Gasteiger partial charge in [0.05, 0.1) is 24.9 Å². The molecule has 2 aliphatic heterocycles. The van der Waals surface area contributed by atoms with Crippen LogP contribution in [0.25, 0.3) is 0 Å². The highest BCUT2D eigenvalue weighted by Gasteiger charge is 2.76. The summed E-state index contributed by atoms with van der Waals surface area (Å²) in [4.78, 5) is 0. The molecule has 8 nitrogen and oxygen atoms in total. The average molecular weight is 497 g/mol. The van der Waals surface area contributed by atoms with Crippen LogP contribution >= 0.6 is 0 Å². The Bertz CT molecular complexity index is 860. The van der Waals surface area contributed by atoms with Crippen molar-refractivity contribution < 1.29 is 40.1 Å². The molecule has 2 saturated heterocycles. The van der Waals surface area contributed by atoms with E-state index >= 15 is 0 Å². The lowest BCUT2D eigenvalue weighted by Gasteiger charge is -2.68. The zero-order valence-corrected chi connectivity index (χ0v) is 21.4. The van der Waals surface area contributed by atoms with Crippen molar-refractivity contribution in [3.63, 3.8) is 0 Å². The van der Waals surface area contributed by atoms with E-state index in [1.165, 1.54) is 0 Å². The molecule has 0 aromatic rings. The zero-order valence-electron chi connectivity index (χ0n) is 21.4. The zero-order chi connectivity index (χ0) is 25.3. The molecule has 0 bridgehead atoms. The lowest BCUT2D eigenvalue weighted by molar-refractivity contribution is -0.350. The van der Waals surface area contributed by atoms with Crippen LogP contribution in [0.3, 0.4) is 0 Å². The van der Waals surface area contributed by atoms with Crippen molar-refractivity contribution in [3.8, 4) is 0 Å². The summed E-state index contributed by atoms with van der Waals surface area (Å²) in [6.07, 6.45) is -3.03. The van der Waals surface area contributed by atoms with Gasteiger partial charge in [-0.25, -0.2) is 0 Å². The molecule has 6 aliphatic rings. The van der Waals surface area contributed by atoms with Gasteiger partial charge in [0, 0.05) is 17.8 Å². The smallest absolute Gasteiger partial charge is 0.171 e. The van der Waals surface area contributed by atoms with Crippen LogP contribution in [0.1, 0.15) is 66.2 Å². The molecule has 4 saturated carbocycles. The van der Waals surface area contributed by atoms with E-state index in [2.05, 4.69) is 20.8 Å². The molecule has 4 aliphatic carbocycles. The van der Waals surface area contributed by atoms with Crippen LogP contribution in [-0.4, -0.2) is 85.3 Å². The Kier molecular flexibility index (Phi) is 5.44. The molecule has 0 radical (unpaired) electrons. The Morgan fingerprint density at radius 3 is 2.17 bits per heavy atom. The first-order valence-corrected chi connectivity index (χ1v) is 13.8. The van der Waals surface area contributed by atoms with E-state index < -0.39 is 47.3 Å². The van der Waals surface area contributed by atoms with Gasteiger partial charge in [-0.2, -0.15) is 0 Å². The molecule has 2 heterocycles. The van der Waals surface area contributed by atoms with Gasteiger partial charge in [-0.05, 0) is 67.1 Å². The molecule has 8 heteroatoms. The molecule has 6 N–H and O–H groups in total. The van der Waals surface area contributed by atoms with Crippen LogP contribution < -0.4 is 0 Å². The van der Waals surface area contributed by atoms with Gasteiger partial charge >= 0.3 is 0 Å². The van der Waals surface area contributed by atoms with E-state index in [-0.39, 0.29) is 41.6 Å². The second kappa shape index (κ2) is 7.63. The van der Waals surface area contributed by atoms with Gasteiger partial charge < -0.3 is 40.1 Å². The third-order valence-electron chi connectivity index (χ3n) is 12.4. The topological polar surface area (TPSA) is 140 Å². The van der Waals surface area contributed by atoms with Crippen molar-refractivity contribution in [1.29, 1.82) is 0 Å². The summed E-state index contributed by atoms with van der Waals surface area (Å²) in [5.41, 5.74) is -3.49. The standard InChI is InChI=1S/C27H44O8/c1-12-5-8-26(34-11-12)13(2)19-17(35-26)10-16-14-9-18(28)27(33)23(32)21(30)20(29)22(31)25(27,4)15(14)6-7-24(16,19)3/h12-23,28-33H,5-11H2,1-4H3/t12?,13-,14+,15-,16-,17-,18?,19-,20?,21?,22?,23?,24-,25-,26+,27?/m0/s1. The first-order valence-electron chi connectivity index (χ1n) is 13.8. The Balaban J connectivity index is 1.33. The summed E-state index contributed by atoms with van der Waals surface area (Å²) in [6.45, 7) is 9.25. The number of ether oxygens (including phenoxy) is 2. The van der Waals surface area contributed by atoms with E-state index in [0.717, 1.165) is 32.3 Å². The number of hydrogen-bond donors (Lipinski definition) is 6. The minimum absolute atomic E-state index is 0.00274. The molecule has 0 aromatic carbocycles. The largest absolute Gasteiger partial charge is 0.390 e. The summed E-state index contributed by atoms with van der Waals surface area (Å²) in [7, 11) is 0. The van der Waals surface area contributed by atoms with Gasteiger partial charge in [-0.1, -0.05) is 27.7 Å². The molecule has 6 fully saturated rings. The van der Waals surface area contributed by atoms with Crippen LogP contribution in [0, 0.1) is 46.3 Å². The van der Waals surface area contributed by atoms with Gasteiger partial charge in [0.25, 0.3) is 0 Å². The summed E-state index contributed by atoms with van der Waals surface area (Å²) < 4.78 is 13.1. The highest BCUT2D eigenvalue weighted by molar-refractivity contribution is 5.25. The van der Waals surface area contributed by atoms with E-state index in [4.69, 9.17) is 9.47 Å². The van der Waals surface area contributed by atoms with Crippen molar-refractivity contribution in [3.05, 3.63) is 0 Å². The number of aliphatic hydroxyl groups is 6. The summed E-state index contributed by atoms with van der Waals surface area (Å²) >= 11 is 0. The lowest BCUT2D eigenvalue weighted by atomic mass is 9.40. The van der Waals surface area contributed by atoms with Crippen molar-refractivity contribution in [2.24, 2.45) is 46.3 Å². The summed E-state index contributed by atoms with van der Waals surface area (Å²) in [6, 6.07) is 0. The highest BCUT2D eigenvalue weighted by Crippen LogP contribution is 2.71. The second-order valence-electron chi connectivity index (χ2n) is 13.6. The molecule has 7 unspecified atom stereocenters. The maximum absolute atomic E-state index is 11.7. The molecule has 200 valence electrons. The van der Waals surface area contributed by atoms with Gasteiger partial charge in [0.15, 0.2) is 5.79 Å². The molecule has 0 aromatic heterocycles. The summed E-state index contributed by atoms with van der Waals surface area (Å²) in [5, 5.41) is 66.0. The van der Waals surface area contributed by atoms with Crippen LogP contribution in [0.4, 0.5) is 0 Å². The maximum Gasteiger partial charge on any atom is 0.171 e.